The highest BCUT2D eigenvalue weighted by molar-refractivity contribution is 6.17. The Kier molecular flexibility index (Phi) is 5.64. The molecule has 1 aromatic heterocycles. The standard InChI is InChI=1S/C16H26ClN3/c1-4-7-13-8-5-6-9-20(13)15-11-18-16(12(2)3)19-14(15)10-17/h11-13H,4-10H2,1-3H3. The van der Waals surface area contributed by atoms with Crippen molar-refractivity contribution >= 4 is 17.3 Å². The number of anilines is 1. The molecule has 0 saturated carbocycles. The minimum atomic E-state index is 0.346. The fraction of sp³-hybridized carbons (Fsp3) is 0.750. The lowest BCUT2D eigenvalue weighted by Gasteiger charge is -2.38. The van der Waals surface area contributed by atoms with Gasteiger partial charge in [0.15, 0.2) is 0 Å². The van der Waals surface area contributed by atoms with Crippen LogP contribution in [-0.2, 0) is 5.88 Å². The van der Waals surface area contributed by atoms with Crippen molar-refractivity contribution in [1.29, 1.82) is 0 Å². The fourth-order valence-electron chi connectivity index (χ4n) is 2.99. The van der Waals surface area contributed by atoms with Gasteiger partial charge in [0, 0.05) is 18.5 Å². The Bertz CT molecular complexity index is 432. The number of halogens is 1. The van der Waals surface area contributed by atoms with Crippen LogP contribution in [0.15, 0.2) is 6.20 Å². The van der Waals surface area contributed by atoms with Gasteiger partial charge in [-0.15, -0.1) is 11.6 Å². The largest absolute Gasteiger partial charge is 0.366 e. The van der Waals surface area contributed by atoms with E-state index in [2.05, 4.69) is 35.6 Å². The van der Waals surface area contributed by atoms with Gasteiger partial charge in [-0.1, -0.05) is 27.2 Å². The van der Waals surface area contributed by atoms with Crippen LogP contribution >= 0.6 is 11.6 Å². The molecule has 0 bridgehead atoms. The topological polar surface area (TPSA) is 29.0 Å². The molecule has 0 amide bonds. The Hall–Kier alpha value is -0.830. The van der Waals surface area contributed by atoms with Crippen molar-refractivity contribution in [2.45, 2.75) is 70.7 Å². The molecule has 112 valence electrons. The fourth-order valence-corrected chi connectivity index (χ4v) is 3.19. The number of rotatable bonds is 5. The Balaban J connectivity index is 2.29. The van der Waals surface area contributed by atoms with Gasteiger partial charge in [-0.25, -0.2) is 9.97 Å². The maximum atomic E-state index is 6.14. The third-order valence-corrected chi connectivity index (χ3v) is 4.32. The summed E-state index contributed by atoms with van der Waals surface area (Å²) in [6.07, 6.45) is 8.33. The molecule has 1 fully saturated rings. The van der Waals surface area contributed by atoms with E-state index >= 15 is 0 Å². The van der Waals surface area contributed by atoms with E-state index in [1.165, 1.54) is 32.1 Å². The summed E-state index contributed by atoms with van der Waals surface area (Å²) >= 11 is 6.14. The van der Waals surface area contributed by atoms with E-state index in [9.17, 15) is 0 Å². The van der Waals surface area contributed by atoms with Crippen molar-refractivity contribution < 1.29 is 0 Å². The zero-order valence-electron chi connectivity index (χ0n) is 12.9. The number of aromatic nitrogens is 2. The number of alkyl halides is 1. The van der Waals surface area contributed by atoms with E-state index in [0.29, 0.717) is 17.8 Å². The van der Waals surface area contributed by atoms with Crippen molar-refractivity contribution in [3.63, 3.8) is 0 Å². The summed E-state index contributed by atoms with van der Waals surface area (Å²) in [5.74, 6) is 1.71. The lowest BCUT2D eigenvalue weighted by atomic mass is 9.97. The van der Waals surface area contributed by atoms with Crippen LogP contribution in [0, 0.1) is 0 Å². The minimum Gasteiger partial charge on any atom is -0.366 e. The summed E-state index contributed by atoms with van der Waals surface area (Å²) < 4.78 is 0. The first-order valence-electron chi connectivity index (χ1n) is 7.85. The summed E-state index contributed by atoms with van der Waals surface area (Å²) in [6, 6.07) is 0.629. The first-order valence-corrected chi connectivity index (χ1v) is 8.39. The first kappa shape index (κ1) is 15.6. The number of piperidine rings is 1. The van der Waals surface area contributed by atoms with E-state index < -0.39 is 0 Å². The van der Waals surface area contributed by atoms with Crippen LogP contribution in [0.1, 0.15) is 70.3 Å². The lowest BCUT2D eigenvalue weighted by molar-refractivity contribution is 0.433. The van der Waals surface area contributed by atoms with Gasteiger partial charge in [-0.05, 0) is 25.7 Å². The van der Waals surface area contributed by atoms with Crippen LogP contribution in [0.5, 0.6) is 0 Å². The average molecular weight is 296 g/mol. The lowest BCUT2D eigenvalue weighted by Crippen LogP contribution is -2.40. The predicted octanol–water partition coefficient (Wildman–Crippen LogP) is 4.50. The normalized spacial score (nSPS) is 19.6. The van der Waals surface area contributed by atoms with E-state index in [0.717, 1.165) is 23.8 Å². The maximum Gasteiger partial charge on any atom is 0.131 e. The zero-order valence-corrected chi connectivity index (χ0v) is 13.7. The molecule has 0 aromatic carbocycles. The summed E-state index contributed by atoms with van der Waals surface area (Å²) in [7, 11) is 0. The molecule has 2 rings (SSSR count). The van der Waals surface area contributed by atoms with Crippen LogP contribution in [0.4, 0.5) is 5.69 Å². The average Bonchev–Trinajstić information content (AvgIpc) is 2.47. The summed E-state index contributed by atoms with van der Waals surface area (Å²) in [4.78, 5) is 11.7. The zero-order chi connectivity index (χ0) is 14.5. The van der Waals surface area contributed by atoms with Crippen molar-refractivity contribution in [2.75, 3.05) is 11.4 Å². The van der Waals surface area contributed by atoms with Gasteiger partial charge in [0.2, 0.25) is 0 Å². The van der Waals surface area contributed by atoms with Crippen LogP contribution < -0.4 is 4.90 Å². The van der Waals surface area contributed by atoms with E-state index in [1.54, 1.807) is 0 Å². The van der Waals surface area contributed by atoms with E-state index in [-0.39, 0.29) is 0 Å². The highest BCUT2D eigenvalue weighted by atomic mass is 35.5. The van der Waals surface area contributed by atoms with Gasteiger partial charge in [-0.3, -0.25) is 0 Å². The molecule has 0 aliphatic carbocycles. The number of hydrogen-bond donors (Lipinski definition) is 0. The molecular formula is C16H26ClN3. The molecule has 1 aromatic rings. The molecule has 0 N–H and O–H groups in total. The molecule has 4 heteroatoms. The van der Waals surface area contributed by atoms with E-state index in [4.69, 9.17) is 11.6 Å². The summed E-state index contributed by atoms with van der Waals surface area (Å²) in [6.45, 7) is 7.61. The second-order valence-corrected chi connectivity index (χ2v) is 6.25. The quantitative estimate of drug-likeness (QED) is 0.749. The van der Waals surface area contributed by atoms with Crippen LogP contribution in [-0.4, -0.2) is 22.6 Å². The molecule has 1 unspecified atom stereocenters. The molecule has 1 atom stereocenters. The molecule has 1 saturated heterocycles. The van der Waals surface area contributed by atoms with Crippen LogP contribution in [0.2, 0.25) is 0 Å². The third-order valence-electron chi connectivity index (χ3n) is 4.07. The van der Waals surface area contributed by atoms with Crippen molar-refractivity contribution in [2.24, 2.45) is 0 Å². The van der Waals surface area contributed by atoms with Gasteiger partial charge in [-0.2, -0.15) is 0 Å². The molecule has 0 radical (unpaired) electrons. The van der Waals surface area contributed by atoms with Gasteiger partial charge in [0.25, 0.3) is 0 Å². The van der Waals surface area contributed by atoms with Gasteiger partial charge in [0.1, 0.15) is 5.82 Å². The summed E-state index contributed by atoms with van der Waals surface area (Å²) in [5, 5.41) is 0. The Morgan fingerprint density at radius 2 is 2.20 bits per heavy atom. The molecular weight excluding hydrogens is 270 g/mol. The van der Waals surface area contributed by atoms with Crippen molar-refractivity contribution in [3.8, 4) is 0 Å². The van der Waals surface area contributed by atoms with Gasteiger partial charge in [0.05, 0.1) is 23.5 Å². The second kappa shape index (κ2) is 7.26. The van der Waals surface area contributed by atoms with Gasteiger partial charge < -0.3 is 4.90 Å². The van der Waals surface area contributed by atoms with Crippen molar-refractivity contribution in [1.82, 2.24) is 9.97 Å². The SMILES string of the molecule is CCCC1CCCCN1c1cnc(C(C)C)nc1CCl. The second-order valence-electron chi connectivity index (χ2n) is 5.98. The highest BCUT2D eigenvalue weighted by Crippen LogP contribution is 2.30. The number of hydrogen-bond acceptors (Lipinski definition) is 3. The molecule has 2 heterocycles. The predicted molar refractivity (Wildman–Crippen MR) is 85.6 cm³/mol. The highest BCUT2D eigenvalue weighted by Gasteiger charge is 2.24. The molecule has 1 aliphatic rings. The Morgan fingerprint density at radius 3 is 2.85 bits per heavy atom. The van der Waals surface area contributed by atoms with Crippen LogP contribution in [0.3, 0.4) is 0 Å². The van der Waals surface area contributed by atoms with E-state index in [1.807, 2.05) is 6.20 Å². The number of nitrogens with zero attached hydrogens (tertiary/aromatic N) is 3. The van der Waals surface area contributed by atoms with Gasteiger partial charge >= 0.3 is 0 Å². The smallest absolute Gasteiger partial charge is 0.131 e. The Labute approximate surface area is 127 Å². The molecule has 1 aliphatic heterocycles. The Morgan fingerprint density at radius 1 is 1.40 bits per heavy atom. The minimum absolute atomic E-state index is 0.346. The maximum absolute atomic E-state index is 6.14. The molecule has 0 spiro atoms. The monoisotopic (exact) mass is 295 g/mol. The van der Waals surface area contributed by atoms with Crippen molar-refractivity contribution in [3.05, 3.63) is 17.7 Å². The summed E-state index contributed by atoms with van der Waals surface area (Å²) in [5.41, 5.74) is 2.15. The molecule has 20 heavy (non-hydrogen) atoms. The van der Waals surface area contributed by atoms with Crippen LogP contribution in [0.25, 0.3) is 0 Å². The first-order chi connectivity index (χ1) is 9.67. The molecule has 3 nitrogen and oxygen atoms in total. The third kappa shape index (κ3) is 3.43.